The van der Waals surface area contributed by atoms with Crippen LogP contribution in [0.2, 0.25) is 0 Å². The molecule has 0 spiro atoms. The molecule has 0 heteroatoms. The molecule has 0 saturated carbocycles. The van der Waals surface area contributed by atoms with Gasteiger partial charge in [0.2, 0.25) is 0 Å². The molecule has 0 fully saturated rings. The summed E-state index contributed by atoms with van der Waals surface area (Å²) in [6, 6.07) is 56.9. The third kappa shape index (κ3) is 4.70. The van der Waals surface area contributed by atoms with E-state index >= 15 is 0 Å². The van der Waals surface area contributed by atoms with Crippen LogP contribution in [-0.4, -0.2) is 0 Å². The second kappa shape index (κ2) is 11.4. The van der Waals surface area contributed by atoms with Crippen LogP contribution in [0.5, 0.6) is 0 Å². The smallest absolute Gasteiger partial charge is 0.00264 e. The van der Waals surface area contributed by atoms with E-state index in [9.17, 15) is 0 Å². The molecule has 0 saturated heterocycles. The predicted octanol–water partition coefficient (Wildman–Crippen LogP) is 11.7. The van der Waals surface area contributed by atoms with E-state index in [1.54, 1.807) is 0 Å². The van der Waals surface area contributed by atoms with Crippen LogP contribution in [0.1, 0.15) is 13.8 Å². The number of fused-ring (bicyclic) bond motifs is 2. The summed E-state index contributed by atoms with van der Waals surface area (Å²) in [6.07, 6.45) is 0. The maximum Gasteiger partial charge on any atom is -0.00264 e. The monoisotopic (exact) mass is 512 g/mol. The van der Waals surface area contributed by atoms with Gasteiger partial charge in [-0.1, -0.05) is 172 Å². The van der Waals surface area contributed by atoms with E-state index in [1.807, 2.05) is 13.8 Å². The highest BCUT2D eigenvalue weighted by molar-refractivity contribution is 6.21. The fourth-order valence-electron chi connectivity index (χ4n) is 5.67. The Bertz CT molecular complexity index is 1660. The first-order valence-corrected chi connectivity index (χ1v) is 14.1. The molecule has 7 aromatic rings. The molecule has 0 unspecified atom stereocenters. The van der Waals surface area contributed by atoms with E-state index in [4.69, 9.17) is 0 Å². The summed E-state index contributed by atoms with van der Waals surface area (Å²) in [5.41, 5.74) is 10.0. The van der Waals surface area contributed by atoms with Crippen molar-refractivity contribution in [3.05, 3.63) is 158 Å². The minimum Gasteiger partial charge on any atom is -0.0683 e. The Morgan fingerprint density at radius 2 is 0.450 bits per heavy atom. The summed E-state index contributed by atoms with van der Waals surface area (Å²) in [6.45, 7) is 4.00. The average Bonchev–Trinajstić information content (AvgIpc) is 3.05. The maximum atomic E-state index is 2.27. The lowest BCUT2D eigenvalue weighted by Crippen LogP contribution is -1.91. The largest absolute Gasteiger partial charge is 0.0683 e. The molecular formula is C40H32. The van der Waals surface area contributed by atoms with E-state index in [2.05, 4.69) is 158 Å². The summed E-state index contributed by atoms with van der Waals surface area (Å²) in [7, 11) is 0. The zero-order chi connectivity index (χ0) is 27.3. The highest BCUT2D eigenvalue weighted by Gasteiger charge is 2.16. The topological polar surface area (TPSA) is 0 Å². The highest BCUT2D eigenvalue weighted by Crippen LogP contribution is 2.44. The third-order valence-corrected chi connectivity index (χ3v) is 7.49. The molecule has 0 N–H and O–H groups in total. The van der Waals surface area contributed by atoms with Crippen molar-refractivity contribution in [3.63, 3.8) is 0 Å². The van der Waals surface area contributed by atoms with Crippen LogP contribution in [0, 0.1) is 0 Å². The van der Waals surface area contributed by atoms with E-state index in [-0.39, 0.29) is 0 Å². The highest BCUT2D eigenvalue weighted by atomic mass is 14.2. The van der Waals surface area contributed by atoms with Gasteiger partial charge in [0, 0.05) is 0 Å². The molecule has 0 aliphatic heterocycles. The first-order chi connectivity index (χ1) is 19.9. The number of rotatable bonds is 4. The SMILES string of the molecule is CC.c1ccc(-c2ccc(-c3c4ccccc4c(-c4ccc(-c5ccccc5)cc4)c4ccccc34)cc2)cc1. The fraction of sp³-hybridized carbons (Fsp3) is 0.0500. The fourth-order valence-corrected chi connectivity index (χ4v) is 5.67. The first-order valence-electron chi connectivity index (χ1n) is 14.1. The lowest BCUT2D eigenvalue weighted by Gasteiger charge is -2.18. The minimum absolute atomic E-state index is 1.23. The molecule has 40 heavy (non-hydrogen) atoms. The van der Waals surface area contributed by atoms with Crippen LogP contribution in [-0.2, 0) is 0 Å². The second-order valence-corrected chi connectivity index (χ2v) is 9.73. The Balaban J connectivity index is 0.00000142. The van der Waals surface area contributed by atoms with Gasteiger partial charge >= 0.3 is 0 Å². The van der Waals surface area contributed by atoms with E-state index in [0.29, 0.717) is 0 Å². The van der Waals surface area contributed by atoms with Crippen LogP contribution < -0.4 is 0 Å². The van der Waals surface area contributed by atoms with Gasteiger partial charge in [0.1, 0.15) is 0 Å². The molecular weight excluding hydrogens is 480 g/mol. The van der Waals surface area contributed by atoms with E-state index in [1.165, 1.54) is 66.1 Å². The van der Waals surface area contributed by atoms with Gasteiger partial charge < -0.3 is 0 Å². The molecule has 7 aromatic carbocycles. The van der Waals surface area contributed by atoms with Gasteiger partial charge in [-0.25, -0.2) is 0 Å². The predicted molar refractivity (Wildman–Crippen MR) is 175 cm³/mol. The second-order valence-electron chi connectivity index (χ2n) is 9.73. The van der Waals surface area contributed by atoms with Gasteiger partial charge in [0.15, 0.2) is 0 Å². The van der Waals surface area contributed by atoms with Crippen molar-refractivity contribution < 1.29 is 0 Å². The molecule has 0 nitrogen and oxygen atoms in total. The van der Waals surface area contributed by atoms with Gasteiger partial charge in [-0.3, -0.25) is 0 Å². The summed E-state index contributed by atoms with van der Waals surface area (Å²) in [5.74, 6) is 0. The van der Waals surface area contributed by atoms with Gasteiger partial charge in [-0.05, 0) is 66.1 Å². The van der Waals surface area contributed by atoms with Gasteiger partial charge in [-0.15, -0.1) is 0 Å². The third-order valence-electron chi connectivity index (χ3n) is 7.49. The molecule has 0 amide bonds. The first kappa shape index (κ1) is 25.3. The summed E-state index contributed by atoms with van der Waals surface area (Å²) in [4.78, 5) is 0. The molecule has 0 heterocycles. The quantitative estimate of drug-likeness (QED) is 0.206. The Kier molecular flexibility index (Phi) is 7.24. The molecule has 0 aliphatic carbocycles. The number of hydrogen-bond donors (Lipinski definition) is 0. The Morgan fingerprint density at radius 1 is 0.225 bits per heavy atom. The van der Waals surface area contributed by atoms with Crippen molar-refractivity contribution in [2.75, 3.05) is 0 Å². The van der Waals surface area contributed by atoms with Crippen LogP contribution in [0.4, 0.5) is 0 Å². The molecule has 0 atom stereocenters. The molecule has 0 radical (unpaired) electrons. The van der Waals surface area contributed by atoms with Crippen molar-refractivity contribution in [2.24, 2.45) is 0 Å². The zero-order valence-electron chi connectivity index (χ0n) is 23.0. The van der Waals surface area contributed by atoms with Crippen LogP contribution in [0.25, 0.3) is 66.1 Å². The summed E-state index contributed by atoms with van der Waals surface area (Å²) in [5, 5.41) is 5.11. The zero-order valence-corrected chi connectivity index (χ0v) is 23.0. The van der Waals surface area contributed by atoms with E-state index < -0.39 is 0 Å². The average molecular weight is 513 g/mol. The molecule has 0 aliphatic rings. The lowest BCUT2D eigenvalue weighted by molar-refractivity contribution is 1.50. The van der Waals surface area contributed by atoms with Gasteiger partial charge in [0.25, 0.3) is 0 Å². The molecule has 7 rings (SSSR count). The minimum atomic E-state index is 1.23. The maximum absolute atomic E-state index is 2.27. The molecule has 0 aromatic heterocycles. The van der Waals surface area contributed by atoms with Crippen molar-refractivity contribution in [1.29, 1.82) is 0 Å². The standard InChI is InChI=1S/C38H26.C2H6/c1-3-11-27(12-4-1)29-19-23-31(24-20-29)37-33-15-7-9-17-35(33)38(36-18-10-8-16-34(36)37)32-25-21-30(22-26-32)28-13-5-2-6-14-28;1-2/h1-26H;1-2H3. The van der Waals surface area contributed by atoms with Crippen LogP contribution in [0.3, 0.4) is 0 Å². The Labute approximate surface area is 237 Å². The molecule has 0 bridgehead atoms. The Hall–Kier alpha value is -4.94. The Morgan fingerprint density at radius 3 is 0.750 bits per heavy atom. The van der Waals surface area contributed by atoms with Crippen molar-refractivity contribution in [2.45, 2.75) is 13.8 Å². The summed E-state index contributed by atoms with van der Waals surface area (Å²) < 4.78 is 0. The van der Waals surface area contributed by atoms with Crippen LogP contribution >= 0.6 is 0 Å². The van der Waals surface area contributed by atoms with Crippen LogP contribution in [0.15, 0.2) is 158 Å². The van der Waals surface area contributed by atoms with Crippen molar-refractivity contribution in [1.82, 2.24) is 0 Å². The molecule has 192 valence electrons. The summed E-state index contributed by atoms with van der Waals surface area (Å²) >= 11 is 0. The van der Waals surface area contributed by atoms with Crippen molar-refractivity contribution >= 4 is 21.5 Å². The van der Waals surface area contributed by atoms with Gasteiger partial charge in [-0.2, -0.15) is 0 Å². The van der Waals surface area contributed by atoms with E-state index in [0.717, 1.165) is 0 Å². The number of benzene rings is 7. The van der Waals surface area contributed by atoms with Crippen molar-refractivity contribution in [3.8, 4) is 44.5 Å². The number of hydrogen-bond acceptors (Lipinski definition) is 0. The van der Waals surface area contributed by atoms with Gasteiger partial charge in [0.05, 0.1) is 0 Å². The normalized spacial score (nSPS) is 10.8. The lowest BCUT2D eigenvalue weighted by atomic mass is 9.85.